The molecule has 0 heterocycles. The Hall–Kier alpha value is -3.98. The Balaban J connectivity index is 1.41. The van der Waals surface area contributed by atoms with Crippen LogP contribution in [0.5, 0.6) is 0 Å². The molecule has 0 atom stereocenters. The monoisotopic (exact) mass is 506 g/mol. The number of hydrogen-bond donors (Lipinski definition) is 0. The van der Waals surface area contributed by atoms with Crippen molar-refractivity contribution in [2.45, 2.75) is 0 Å². The molecule has 0 bridgehead atoms. The van der Waals surface area contributed by atoms with Crippen LogP contribution in [0.3, 0.4) is 0 Å². The highest BCUT2D eigenvalue weighted by atomic mass is 35.5. The Morgan fingerprint density at radius 2 is 0.667 bits per heavy atom. The summed E-state index contributed by atoms with van der Waals surface area (Å²) in [5, 5.41) is 1.20. The lowest BCUT2D eigenvalue weighted by molar-refractivity contribution is 0.103. The van der Waals surface area contributed by atoms with Crippen LogP contribution in [0.4, 0.5) is 0 Å². The highest BCUT2D eigenvalue weighted by molar-refractivity contribution is 6.31. The van der Waals surface area contributed by atoms with Crippen LogP contribution in [0.2, 0.25) is 10.0 Å². The van der Waals surface area contributed by atoms with E-state index >= 15 is 0 Å². The van der Waals surface area contributed by atoms with Gasteiger partial charge in [-0.1, -0.05) is 96.0 Å². The van der Waals surface area contributed by atoms with Gasteiger partial charge in [0.25, 0.3) is 0 Å². The summed E-state index contributed by atoms with van der Waals surface area (Å²) in [7, 11) is 0. The predicted octanol–water partition coefficient (Wildman–Crippen LogP) is 8.79. The van der Waals surface area contributed by atoms with Crippen LogP contribution in [-0.4, -0.2) is 11.6 Å². The Morgan fingerprint density at radius 3 is 0.972 bits per heavy atom. The van der Waals surface area contributed by atoms with Gasteiger partial charge in [-0.2, -0.15) is 0 Å². The summed E-state index contributed by atoms with van der Waals surface area (Å²) in [6, 6.07) is 37.1. The molecule has 5 aromatic carbocycles. The van der Waals surface area contributed by atoms with Crippen molar-refractivity contribution >= 4 is 34.8 Å². The fraction of sp³-hybridized carbons (Fsp3) is 0. The molecule has 0 spiro atoms. The van der Waals surface area contributed by atoms with Crippen molar-refractivity contribution in [1.82, 2.24) is 0 Å². The summed E-state index contributed by atoms with van der Waals surface area (Å²) >= 11 is 11.9. The topological polar surface area (TPSA) is 34.1 Å². The Labute approximate surface area is 219 Å². The largest absolute Gasteiger partial charge is 0.289 e. The molecule has 0 radical (unpaired) electrons. The fourth-order valence-corrected chi connectivity index (χ4v) is 4.38. The molecular weight excluding hydrogens is 487 g/mol. The number of rotatable bonds is 6. The molecule has 4 heteroatoms. The van der Waals surface area contributed by atoms with E-state index in [1.54, 1.807) is 48.5 Å². The fourth-order valence-electron chi connectivity index (χ4n) is 4.12. The summed E-state index contributed by atoms with van der Waals surface area (Å²) in [6.07, 6.45) is 0. The zero-order valence-electron chi connectivity index (χ0n) is 19.1. The van der Waals surface area contributed by atoms with Gasteiger partial charge >= 0.3 is 0 Å². The molecule has 0 amide bonds. The average molecular weight is 507 g/mol. The van der Waals surface area contributed by atoms with Crippen molar-refractivity contribution in [1.29, 1.82) is 0 Å². The molecule has 5 rings (SSSR count). The number of carbonyl (C=O) groups is 2. The number of hydrogen-bond acceptors (Lipinski definition) is 2. The zero-order chi connectivity index (χ0) is 25.1. The van der Waals surface area contributed by atoms with Crippen LogP contribution in [0.25, 0.3) is 22.3 Å². The summed E-state index contributed by atoms with van der Waals surface area (Å²) in [5.41, 5.74) is 6.51. The minimum absolute atomic E-state index is 0.0487. The van der Waals surface area contributed by atoms with Gasteiger partial charge < -0.3 is 0 Å². The van der Waals surface area contributed by atoms with Gasteiger partial charge in [0, 0.05) is 32.3 Å². The first-order chi connectivity index (χ1) is 17.5. The molecule has 0 N–H and O–H groups in total. The van der Waals surface area contributed by atoms with Crippen LogP contribution in [0.1, 0.15) is 31.8 Å². The number of ketones is 2. The number of carbonyl (C=O) groups excluding carboxylic acids is 2. The van der Waals surface area contributed by atoms with Gasteiger partial charge in [0.2, 0.25) is 0 Å². The van der Waals surface area contributed by atoms with Gasteiger partial charge in [-0.3, -0.25) is 9.59 Å². The first-order valence-corrected chi connectivity index (χ1v) is 12.2. The van der Waals surface area contributed by atoms with E-state index in [9.17, 15) is 9.59 Å². The summed E-state index contributed by atoms with van der Waals surface area (Å²) in [6.45, 7) is 0. The molecule has 0 fully saturated rings. The third-order valence-corrected chi connectivity index (χ3v) is 6.56. The first kappa shape index (κ1) is 23.7. The smallest absolute Gasteiger partial charge is 0.193 e. The van der Waals surface area contributed by atoms with Gasteiger partial charge in [-0.05, 0) is 70.8 Å². The lowest BCUT2D eigenvalue weighted by Crippen LogP contribution is -2.01. The van der Waals surface area contributed by atoms with Gasteiger partial charge in [0.15, 0.2) is 11.6 Å². The van der Waals surface area contributed by atoms with Gasteiger partial charge in [-0.25, -0.2) is 0 Å². The zero-order valence-corrected chi connectivity index (χ0v) is 20.6. The van der Waals surface area contributed by atoms with Crippen molar-refractivity contribution in [3.63, 3.8) is 0 Å². The van der Waals surface area contributed by atoms with Crippen LogP contribution in [-0.2, 0) is 0 Å². The second-order valence-corrected chi connectivity index (χ2v) is 9.25. The molecule has 174 valence electrons. The van der Waals surface area contributed by atoms with Gasteiger partial charge in [0.1, 0.15) is 0 Å². The van der Waals surface area contributed by atoms with E-state index in [-0.39, 0.29) is 11.6 Å². The quantitative estimate of drug-likeness (QED) is 0.215. The van der Waals surface area contributed by atoms with E-state index in [4.69, 9.17) is 23.2 Å². The molecule has 0 saturated carbocycles. The Bertz CT molecular complexity index is 1410. The van der Waals surface area contributed by atoms with Crippen LogP contribution >= 0.6 is 23.2 Å². The van der Waals surface area contributed by atoms with E-state index in [1.165, 1.54) is 0 Å². The molecule has 0 aromatic heterocycles. The molecule has 36 heavy (non-hydrogen) atoms. The molecular formula is C32H20Cl2O2. The SMILES string of the molecule is O=C(c1ccc(Cl)cc1)c1ccc(-c2ccccc2-c2ccc(C(=O)c3ccc(Cl)cc3)cc2)cc1. The average Bonchev–Trinajstić information content (AvgIpc) is 2.93. The van der Waals surface area contributed by atoms with Crippen molar-refractivity contribution in [3.05, 3.63) is 154 Å². The van der Waals surface area contributed by atoms with E-state index in [1.807, 2.05) is 60.7 Å². The third kappa shape index (κ3) is 5.01. The maximum absolute atomic E-state index is 12.8. The standard InChI is InChI=1S/C32H20Cl2O2/c33-27-17-13-25(14-18-27)31(35)23-9-5-21(6-10-23)29-3-1-2-4-30(29)22-7-11-24(12-8-22)32(36)26-15-19-28(34)20-16-26/h1-20H. The van der Waals surface area contributed by atoms with Crippen LogP contribution in [0.15, 0.2) is 121 Å². The van der Waals surface area contributed by atoms with E-state index < -0.39 is 0 Å². The lowest BCUT2D eigenvalue weighted by atomic mass is 9.92. The van der Waals surface area contributed by atoms with E-state index in [2.05, 4.69) is 12.1 Å². The number of halogens is 2. The Kier molecular flexibility index (Phi) is 6.81. The highest BCUT2D eigenvalue weighted by Crippen LogP contribution is 2.33. The predicted molar refractivity (Wildman–Crippen MR) is 147 cm³/mol. The normalized spacial score (nSPS) is 10.7. The summed E-state index contributed by atoms with van der Waals surface area (Å²) in [5.74, 6) is -0.0973. The minimum Gasteiger partial charge on any atom is -0.289 e. The van der Waals surface area contributed by atoms with Crippen molar-refractivity contribution in [2.75, 3.05) is 0 Å². The molecule has 5 aromatic rings. The molecule has 0 aliphatic heterocycles. The molecule has 2 nitrogen and oxygen atoms in total. The van der Waals surface area contributed by atoms with Gasteiger partial charge in [0.05, 0.1) is 0 Å². The van der Waals surface area contributed by atoms with Crippen molar-refractivity contribution in [2.24, 2.45) is 0 Å². The molecule has 0 aliphatic carbocycles. The molecule has 0 saturated heterocycles. The molecule has 0 unspecified atom stereocenters. The first-order valence-electron chi connectivity index (χ1n) is 11.4. The summed E-state index contributed by atoms with van der Waals surface area (Å²) in [4.78, 5) is 25.6. The Morgan fingerprint density at radius 1 is 0.389 bits per heavy atom. The van der Waals surface area contributed by atoms with Crippen LogP contribution < -0.4 is 0 Å². The maximum atomic E-state index is 12.8. The second-order valence-electron chi connectivity index (χ2n) is 8.37. The lowest BCUT2D eigenvalue weighted by Gasteiger charge is -2.12. The molecule has 0 aliphatic rings. The second kappa shape index (κ2) is 10.3. The maximum Gasteiger partial charge on any atom is 0.193 e. The summed E-state index contributed by atoms with van der Waals surface area (Å²) < 4.78 is 0. The van der Waals surface area contributed by atoms with Crippen molar-refractivity contribution < 1.29 is 9.59 Å². The minimum atomic E-state index is -0.0487. The third-order valence-electron chi connectivity index (χ3n) is 6.06. The van der Waals surface area contributed by atoms with E-state index in [0.29, 0.717) is 32.3 Å². The van der Waals surface area contributed by atoms with Gasteiger partial charge in [-0.15, -0.1) is 0 Å². The van der Waals surface area contributed by atoms with Crippen molar-refractivity contribution in [3.8, 4) is 22.3 Å². The number of benzene rings is 5. The highest BCUT2D eigenvalue weighted by Gasteiger charge is 2.13. The van der Waals surface area contributed by atoms with E-state index in [0.717, 1.165) is 22.3 Å². The van der Waals surface area contributed by atoms with Crippen LogP contribution in [0, 0.1) is 0 Å².